The monoisotopic (exact) mass is 243 g/mol. The minimum absolute atomic E-state index is 0.132. The van der Waals surface area contributed by atoms with Gasteiger partial charge >= 0.3 is 6.18 Å². The van der Waals surface area contributed by atoms with Gasteiger partial charge in [-0.2, -0.15) is 13.2 Å². The third kappa shape index (κ3) is 2.79. The van der Waals surface area contributed by atoms with E-state index in [0.717, 1.165) is 5.39 Å². The predicted molar refractivity (Wildman–Crippen MR) is 58.4 cm³/mol. The second-order valence-corrected chi connectivity index (χ2v) is 3.95. The van der Waals surface area contributed by atoms with E-state index in [1.54, 1.807) is 24.3 Å². The van der Waals surface area contributed by atoms with Crippen molar-refractivity contribution in [3.63, 3.8) is 0 Å². The van der Waals surface area contributed by atoms with E-state index in [1.807, 2.05) is 0 Å². The third-order valence-corrected chi connectivity index (χ3v) is 2.65. The summed E-state index contributed by atoms with van der Waals surface area (Å²) in [5.74, 6) is 0. The van der Waals surface area contributed by atoms with Crippen LogP contribution in [0.2, 0.25) is 0 Å². The molecule has 92 valence electrons. The molecule has 2 N–H and O–H groups in total. The van der Waals surface area contributed by atoms with Gasteiger partial charge in [0.25, 0.3) is 0 Å². The zero-order chi connectivity index (χ0) is 12.5. The maximum Gasteiger partial charge on any atom is 0.389 e. The molecular weight excluding hydrogens is 231 g/mol. The fourth-order valence-electron chi connectivity index (χ4n) is 1.76. The summed E-state index contributed by atoms with van der Waals surface area (Å²) in [4.78, 5) is 0. The normalized spacial score (nSPS) is 14.1. The van der Waals surface area contributed by atoms with Crippen LogP contribution in [0.15, 0.2) is 34.9 Å². The van der Waals surface area contributed by atoms with Crippen molar-refractivity contribution in [3.8, 4) is 0 Å². The fraction of sp³-hybridized carbons (Fsp3) is 0.333. The molecule has 5 heteroatoms. The van der Waals surface area contributed by atoms with Crippen LogP contribution in [0.25, 0.3) is 11.0 Å². The summed E-state index contributed by atoms with van der Waals surface area (Å²) in [6.45, 7) is 0. The molecule has 1 unspecified atom stereocenters. The SMILES string of the molecule is NC(CCC(F)(F)F)c1coc2ccccc12. The van der Waals surface area contributed by atoms with E-state index in [-0.39, 0.29) is 6.42 Å². The molecule has 0 amide bonds. The van der Waals surface area contributed by atoms with Gasteiger partial charge in [0.05, 0.1) is 6.26 Å². The molecule has 2 nitrogen and oxygen atoms in total. The number of alkyl halides is 3. The van der Waals surface area contributed by atoms with Crippen LogP contribution in [0, 0.1) is 0 Å². The highest BCUT2D eigenvalue weighted by atomic mass is 19.4. The standard InChI is InChI=1S/C12H12F3NO/c13-12(14,15)6-5-10(16)9-7-17-11-4-2-1-3-8(9)11/h1-4,7,10H,5-6,16H2. The average molecular weight is 243 g/mol. The fourth-order valence-corrected chi connectivity index (χ4v) is 1.76. The molecule has 1 aromatic heterocycles. The zero-order valence-electron chi connectivity index (χ0n) is 9.00. The van der Waals surface area contributed by atoms with Crippen molar-refractivity contribution >= 4 is 11.0 Å². The third-order valence-electron chi connectivity index (χ3n) is 2.65. The highest BCUT2D eigenvalue weighted by Crippen LogP contribution is 2.30. The molecule has 0 radical (unpaired) electrons. The van der Waals surface area contributed by atoms with E-state index < -0.39 is 18.6 Å². The number of hydrogen-bond donors (Lipinski definition) is 1. The second kappa shape index (κ2) is 4.41. The zero-order valence-corrected chi connectivity index (χ0v) is 9.00. The molecule has 0 aliphatic rings. The maximum atomic E-state index is 12.1. The van der Waals surface area contributed by atoms with Gasteiger partial charge in [-0.15, -0.1) is 0 Å². The second-order valence-electron chi connectivity index (χ2n) is 3.95. The number of nitrogens with two attached hydrogens (primary N) is 1. The maximum absolute atomic E-state index is 12.1. The first-order valence-corrected chi connectivity index (χ1v) is 5.26. The molecule has 0 saturated carbocycles. The summed E-state index contributed by atoms with van der Waals surface area (Å²) in [5, 5.41) is 0.780. The largest absolute Gasteiger partial charge is 0.464 e. The minimum Gasteiger partial charge on any atom is -0.464 e. The van der Waals surface area contributed by atoms with Gasteiger partial charge in [0, 0.05) is 23.4 Å². The summed E-state index contributed by atoms with van der Waals surface area (Å²) in [6, 6.07) is 6.51. The number of fused-ring (bicyclic) bond motifs is 1. The van der Waals surface area contributed by atoms with Crippen LogP contribution in [0.4, 0.5) is 13.2 Å². The van der Waals surface area contributed by atoms with E-state index in [0.29, 0.717) is 11.1 Å². The van der Waals surface area contributed by atoms with Crippen molar-refractivity contribution < 1.29 is 17.6 Å². The van der Waals surface area contributed by atoms with Gasteiger partial charge in [0.1, 0.15) is 5.58 Å². The molecule has 17 heavy (non-hydrogen) atoms. The molecule has 2 aromatic rings. The van der Waals surface area contributed by atoms with Gasteiger partial charge in [-0.25, -0.2) is 0 Å². The number of para-hydroxylation sites is 1. The Labute approximate surface area is 96.2 Å². The Morgan fingerprint density at radius 3 is 2.65 bits per heavy atom. The molecular formula is C12H12F3NO. The Bertz CT molecular complexity index is 504. The summed E-state index contributed by atoms with van der Waals surface area (Å²) < 4.78 is 41.5. The van der Waals surface area contributed by atoms with Crippen molar-refractivity contribution in [2.24, 2.45) is 5.73 Å². The topological polar surface area (TPSA) is 39.2 Å². The molecule has 1 heterocycles. The highest BCUT2D eigenvalue weighted by Gasteiger charge is 2.28. The van der Waals surface area contributed by atoms with Gasteiger partial charge in [-0.1, -0.05) is 18.2 Å². The molecule has 0 fully saturated rings. The molecule has 0 aliphatic heterocycles. The summed E-state index contributed by atoms with van der Waals surface area (Å²) in [6.07, 6.45) is -3.75. The van der Waals surface area contributed by atoms with Crippen LogP contribution < -0.4 is 5.73 Å². The number of rotatable bonds is 3. The van der Waals surface area contributed by atoms with Crippen LogP contribution >= 0.6 is 0 Å². The Hall–Kier alpha value is -1.49. The Morgan fingerprint density at radius 1 is 1.24 bits per heavy atom. The van der Waals surface area contributed by atoms with Crippen molar-refractivity contribution in [2.75, 3.05) is 0 Å². The van der Waals surface area contributed by atoms with Crippen LogP contribution in [0.3, 0.4) is 0 Å². The van der Waals surface area contributed by atoms with E-state index in [1.165, 1.54) is 6.26 Å². The molecule has 0 aliphatic carbocycles. The van der Waals surface area contributed by atoms with Crippen LogP contribution in [0.1, 0.15) is 24.4 Å². The van der Waals surface area contributed by atoms with Crippen molar-refractivity contribution in [1.82, 2.24) is 0 Å². The van der Waals surface area contributed by atoms with Gasteiger partial charge in [0.2, 0.25) is 0 Å². The van der Waals surface area contributed by atoms with Crippen molar-refractivity contribution in [1.29, 1.82) is 0 Å². The molecule has 1 aromatic carbocycles. The predicted octanol–water partition coefficient (Wildman–Crippen LogP) is 3.78. The molecule has 0 bridgehead atoms. The average Bonchev–Trinajstić information content (AvgIpc) is 2.68. The van der Waals surface area contributed by atoms with Crippen LogP contribution in [-0.4, -0.2) is 6.18 Å². The first-order valence-electron chi connectivity index (χ1n) is 5.26. The Balaban J connectivity index is 2.16. The quantitative estimate of drug-likeness (QED) is 0.891. The van der Waals surface area contributed by atoms with Gasteiger partial charge < -0.3 is 10.2 Å². The summed E-state index contributed by atoms with van der Waals surface area (Å²) in [5.41, 5.74) is 7.03. The van der Waals surface area contributed by atoms with Gasteiger partial charge in [-0.05, 0) is 12.5 Å². The summed E-state index contributed by atoms with van der Waals surface area (Å²) in [7, 11) is 0. The van der Waals surface area contributed by atoms with Crippen LogP contribution in [-0.2, 0) is 0 Å². The summed E-state index contributed by atoms with van der Waals surface area (Å²) >= 11 is 0. The smallest absolute Gasteiger partial charge is 0.389 e. The number of furan rings is 1. The number of halogens is 3. The van der Waals surface area contributed by atoms with Crippen molar-refractivity contribution in [2.45, 2.75) is 25.1 Å². The highest BCUT2D eigenvalue weighted by molar-refractivity contribution is 5.81. The van der Waals surface area contributed by atoms with E-state index in [2.05, 4.69) is 0 Å². The lowest BCUT2D eigenvalue weighted by Crippen LogP contribution is -2.15. The molecule has 2 rings (SSSR count). The molecule has 0 spiro atoms. The van der Waals surface area contributed by atoms with Crippen molar-refractivity contribution in [3.05, 3.63) is 36.1 Å². The number of hydrogen-bond acceptors (Lipinski definition) is 2. The first-order chi connectivity index (χ1) is 7.97. The van der Waals surface area contributed by atoms with Crippen LogP contribution in [0.5, 0.6) is 0 Å². The Kier molecular flexibility index (Phi) is 3.11. The molecule has 1 atom stereocenters. The van der Waals surface area contributed by atoms with Gasteiger partial charge in [0.15, 0.2) is 0 Å². The lowest BCUT2D eigenvalue weighted by molar-refractivity contribution is -0.136. The lowest BCUT2D eigenvalue weighted by atomic mass is 10.0. The minimum atomic E-state index is -4.17. The Morgan fingerprint density at radius 2 is 1.94 bits per heavy atom. The number of benzene rings is 1. The van der Waals surface area contributed by atoms with Gasteiger partial charge in [-0.3, -0.25) is 0 Å². The lowest BCUT2D eigenvalue weighted by Gasteiger charge is -2.11. The van der Waals surface area contributed by atoms with E-state index in [4.69, 9.17) is 10.2 Å². The van der Waals surface area contributed by atoms with E-state index >= 15 is 0 Å². The molecule has 0 saturated heterocycles. The first kappa shape index (κ1) is 12.0. The van der Waals surface area contributed by atoms with E-state index in [9.17, 15) is 13.2 Å².